The van der Waals surface area contributed by atoms with Gasteiger partial charge in [-0.25, -0.2) is 9.13 Å². The van der Waals surface area contributed by atoms with Gasteiger partial charge in [0.25, 0.3) is 0 Å². The molecule has 0 rings (SSSR count). The molecule has 3 N–H and O–H groups in total. The summed E-state index contributed by atoms with van der Waals surface area (Å²) in [5.74, 6) is -1.28. The molecule has 0 aromatic rings. The summed E-state index contributed by atoms with van der Waals surface area (Å²) in [7, 11) is -9.92. The van der Waals surface area contributed by atoms with Crippen LogP contribution in [-0.2, 0) is 65.4 Å². The first-order valence-electron chi connectivity index (χ1n) is 40.5. The smallest absolute Gasteiger partial charge is 0.462 e. The second kappa shape index (κ2) is 71.5. The molecule has 0 heterocycles. The van der Waals surface area contributed by atoms with Gasteiger partial charge in [-0.15, -0.1) is 0 Å². The number of allylic oxidation sites excluding steroid dienone is 4. The van der Waals surface area contributed by atoms with Crippen LogP contribution in [0.5, 0.6) is 0 Å². The van der Waals surface area contributed by atoms with E-state index in [2.05, 4.69) is 58.9 Å². The maximum Gasteiger partial charge on any atom is 0.472 e. The van der Waals surface area contributed by atoms with Gasteiger partial charge in [0, 0.05) is 25.7 Å². The minimum Gasteiger partial charge on any atom is -0.462 e. The summed E-state index contributed by atoms with van der Waals surface area (Å²) in [4.78, 5) is 72.6. The number of unbranched alkanes of at least 4 members (excludes halogenated alkanes) is 45. The molecule has 0 amide bonds. The van der Waals surface area contributed by atoms with Crippen molar-refractivity contribution in [2.24, 2.45) is 5.92 Å². The minimum atomic E-state index is -4.96. The molecule has 0 spiro atoms. The number of esters is 4. The molecule has 0 saturated carbocycles. The van der Waals surface area contributed by atoms with Crippen molar-refractivity contribution in [2.45, 2.75) is 412 Å². The number of aliphatic hydroxyl groups excluding tert-OH is 1. The van der Waals surface area contributed by atoms with E-state index < -0.39 is 97.5 Å². The molecule has 0 saturated heterocycles. The van der Waals surface area contributed by atoms with Gasteiger partial charge in [0.1, 0.15) is 19.3 Å². The average Bonchev–Trinajstić information content (AvgIpc) is 1.67. The van der Waals surface area contributed by atoms with Crippen molar-refractivity contribution in [3.05, 3.63) is 24.3 Å². The van der Waals surface area contributed by atoms with E-state index in [1.54, 1.807) is 0 Å². The number of ether oxygens (including phenoxy) is 4. The van der Waals surface area contributed by atoms with E-state index in [1.807, 2.05) is 0 Å². The Morgan fingerprint density at radius 3 is 0.867 bits per heavy atom. The zero-order valence-electron chi connectivity index (χ0n) is 63.4. The molecule has 6 atom stereocenters. The molecule has 0 aliphatic heterocycles. The van der Waals surface area contributed by atoms with Crippen molar-refractivity contribution in [1.29, 1.82) is 0 Å². The largest absolute Gasteiger partial charge is 0.472 e. The summed E-state index contributed by atoms with van der Waals surface area (Å²) in [6, 6.07) is 0. The number of hydrogen-bond donors (Lipinski definition) is 3. The highest BCUT2D eigenvalue weighted by Gasteiger charge is 2.30. The molecule has 19 heteroatoms. The fourth-order valence-corrected chi connectivity index (χ4v) is 13.2. The van der Waals surface area contributed by atoms with E-state index in [0.29, 0.717) is 25.7 Å². The molecular formula is C79H150O17P2. The molecule has 0 fully saturated rings. The molecule has 0 radical (unpaired) electrons. The first-order chi connectivity index (χ1) is 47.6. The van der Waals surface area contributed by atoms with Crippen LogP contribution in [0.4, 0.5) is 0 Å². The van der Waals surface area contributed by atoms with Gasteiger partial charge < -0.3 is 33.8 Å². The zero-order chi connectivity index (χ0) is 71.9. The van der Waals surface area contributed by atoms with Crippen LogP contribution in [0.3, 0.4) is 0 Å². The van der Waals surface area contributed by atoms with Gasteiger partial charge in [-0.2, -0.15) is 0 Å². The van der Waals surface area contributed by atoms with E-state index >= 15 is 0 Å². The van der Waals surface area contributed by atoms with Crippen LogP contribution < -0.4 is 0 Å². The van der Waals surface area contributed by atoms with E-state index in [1.165, 1.54) is 199 Å². The molecule has 3 unspecified atom stereocenters. The lowest BCUT2D eigenvalue weighted by Gasteiger charge is -2.21. The van der Waals surface area contributed by atoms with Crippen LogP contribution in [0.1, 0.15) is 394 Å². The third-order valence-electron chi connectivity index (χ3n) is 18.3. The van der Waals surface area contributed by atoms with Crippen LogP contribution in [-0.4, -0.2) is 96.7 Å². The number of rotatable bonds is 77. The second-order valence-electron chi connectivity index (χ2n) is 28.0. The molecule has 0 bridgehead atoms. The van der Waals surface area contributed by atoms with Crippen LogP contribution in [0.2, 0.25) is 0 Å². The van der Waals surface area contributed by atoms with Gasteiger partial charge in [-0.3, -0.25) is 37.3 Å². The Balaban J connectivity index is 5.14. The fraction of sp³-hybridized carbons (Fsp3) is 0.899. The van der Waals surface area contributed by atoms with Gasteiger partial charge in [0.15, 0.2) is 12.2 Å². The molecular weight excluding hydrogens is 1280 g/mol. The first kappa shape index (κ1) is 95.5. The van der Waals surface area contributed by atoms with Gasteiger partial charge in [-0.05, 0) is 57.3 Å². The average molecular weight is 1430 g/mol. The predicted molar refractivity (Wildman–Crippen MR) is 400 cm³/mol. The van der Waals surface area contributed by atoms with Crippen LogP contribution >= 0.6 is 15.6 Å². The highest BCUT2D eigenvalue weighted by molar-refractivity contribution is 7.47. The Morgan fingerprint density at radius 2 is 0.571 bits per heavy atom. The monoisotopic (exact) mass is 1430 g/mol. The standard InChI is InChI=1S/C79H150O17P2/c1-6-10-13-16-18-20-22-24-26-33-36-40-44-48-53-58-63-77(82)90-69-75(96-79(84)65-60-55-50-46-42-38-34-30-28-27-29-32-35-39-43-47-52-56-61-72(5)9-4)71-94-98(87,88)92-67-73(80)66-91-97(85,86)93-70-74(68-89-76(81)62-57-51-15-12-8-3)95-78(83)64-59-54-49-45-41-37-31-25-23-21-19-17-14-11-7-2/h21,23,25,31,72-75,80H,6-20,22,24,26-30,32-71H2,1-5H3,(H,85,86)(H,87,88)/b23-21-,31-25-/t72?,73-,74+,75+/m0/s1. The lowest BCUT2D eigenvalue weighted by atomic mass is 9.99. The number of phosphoric acid groups is 2. The Morgan fingerprint density at radius 1 is 0.327 bits per heavy atom. The summed E-state index contributed by atoms with van der Waals surface area (Å²) >= 11 is 0. The normalized spacial score (nSPS) is 14.3. The van der Waals surface area contributed by atoms with Crippen molar-refractivity contribution in [2.75, 3.05) is 39.6 Å². The van der Waals surface area contributed by atoms with Crippen LogP contribution in [0, 0.1) is 5.92 Å². The van der Waals surface area contributed by atoms with Crippen molar-refractivity contribution < 1.29 is 80.2 Å². The molecule has 0 aliphatic carbocycles. The zero-order valence-corrected chi connectivity index (χ0v) is 65.2. The molecule has 0 aliphatic rings. The third-order valence-corrected chi connectivity index (χ3v) is 20.2. The molecule has 98 heavy (non-hydrogen) atoms. The number of phosphoric ester groups is 2. The topological polar surface area (TPSA) is 237 Å². The third kappa shape index (κ3) is 70.6. The Labute approximate surface area is 599 Å². The van der Waals surface area contributed by atoms with Crippen molar-refractivity contribution in [3.63, 3.8) is 0 Å². The summed E-state index contributed by atoms with van der Waals surface area (Å²) in [6.07, 6.45) is 65.1. The van der Waals surface area contributed by atoms with Gasteiger partial charge in [-0.1, -0.05) is 341 Å². The number of aliphatic hydroxyl groups is 1. The van der Waals surface area contributed by atoms with E-state index in [4.69, 9.17) is 37.0 Å². The van der Waals surface area contributed by atoms with Crippen molar-refractivity contribution in [1.82, 2.24) is 0 Å². The lowest BCUT2D eigenvalue weighted by Crippen LogP contribution is -2.30. The predicted octanol–water partition coefficient (Wildman–Crippen LogP) is 23.2. The Hall–Kier alpha value is -2.46. The van der Waals surface area contributed by atoms with Crippen LogP contribution in [0.25, 0.3) is 0 Å². The summed E-state index contributed by atoms with van der Waals surface area (Å²) in [5.41, 5.74) is 0. The number of hydrogen-bond acceptors (Lipinski definition) is 15. The second-order valence-corrected chi connectivity index (χ2v) is 30.9. The Bertz CT molecular complexity index is 1970. The maximum atomic E-state index is 13.1. The van der Waals surface area contributed by atoms with E-state index in [-0.39, 0.29) is 25.7 Å². The Kier molecular flexibility index (Phi) is 69.7. The van der Waals surface area contributed by atoms with E-state index in [0.717, 1.165) is 115 Å². The molecule has 0 aromatic heterocycles. The summed E-state index contributed by atoms with van der Waals surface area (Å²) < 4.78 is 68.3. The number of carbonyl (C=O) groups is 4. The minimum absolute atomic E-state index is 0.0844. The van der Waals surface area contributed by atoms with Gasteiger partial charge >= 0.3 is 39.5 Å². The fourth-order valence-electron chi connectivity index (χ4n) is 11.7. The van der Waals surface area contributed by atoms with E-state index in [9.17, 15) is 43.2 Å². The van der Waals surface area contributed by atoms with Gasteiger partial charge in [0.05, 0.1) is 26.4 Å². The number of carbonyl (C=O) groups excluding carboxylic acids is 4. The maximum absolute atomic E-state index is 13.1. The lowest BCUT2D eigenvalue weighted by molar-refractivity contribution is -0.161. The molecule has 578 valence electrons. The molecule has 0 aromatic carbocycles. The highest BCUT2D eigenvalue weighted by atomic mass is 31.2. The van der Waals surface area contributed by atoms with Crippen molar-refractivity contribution >= 4 is 39.5 Å². The summed E-state index contributed by atoms with van der Waals surface area (Å²) in [6.45, 7) is 7.22. The quantitative estimate of drug-likeness (QED) is 0.0169. The first-order valence-corrected chi connectivity index (χ1v) is 43.5. The van der Waals surface area contributed by atoms with Crippen molar-refractivity contribution in [3.8, 4) is 0 Å². The summed E-state index contributed by atoms with van der Waals surface area (Å²) in [5, 5.41) is 10.6. The molecule has 17 nitrogen and oxygen atoms in total. The highest BCUT2D eigenvalue weighted by Crippen LogP contribution is 2.45. The van der Waals surface area contributed by atoms with Crippen LogP contribution in [0.15, 0.2) is 24.3 Å². The van der Waals surface area contributed by atoms with Gasteiger partial charge in [0.2, 0.25) is 0 Å². The SMILES string of the molecule is CCCCCC/C=C\C=C/CCCCCCCC(=O)O[C@H](COC(=O)CCCCCCC)COP(=O)(O)OC[C@H](O)COP(=O)(O)OC[C@@H](COC(=O)CCCCCCCCCCCCCCCCCC)OC(=O)CCCCCCCCCCCCCCCCCCCCC(C)CC.